The first-order valence-corrected chi connectivity index (χ1v) is 13.7. The van der Waals surface area contributed by atoms with Gasteiger partial charge in [0.25, 0.3) is 11.8 Å². The van der Waals surface area contributed by atoms with E-state index in [1.54, 1.807) is 45.2 Å². The predicted octanol–water partition coefficient (Wildman–Crippen LogP) is 0.326. The SMILES string of the molecule is Cn1nc(C(=O)NCc2ccc(C#N)cc2)c2c1C(=O)N(CC1(S(=O)(=O)NC(C)(C)CC(N)=O)CC1)CC2. The van der Waals surface area contributed by atoms with Gasteiger partial charge in [-0.1, -0.05) is 12.1 Å². The van der Waals surface area contributed by atoms with Crippen LogP contribution in [0.2, 0.25) is 0 Å². The molecule has 0 spiro atoms. The van der Waals surface area contributed by atoms with Crippen LogP contribution in [0.1, 0.15) is 70.8 Å². The van der Waals surface area contributed by atoms with Crippen LogP contribution in [-0.4, -0.2) is 64.2 Å². The third-order valence-corrected chi connectivity index (χ3v) is 9.40. The Hall–Kier alpha value is -3.76. The van der Waals surface area contributed by atoms with E-state index >= 15 is 0 Å². The molecule has 0 saturated heterocycles. The fraction of sp³-hybridized carbons (Fsp3) is 0.480. The lowest BCUT2D eigenvalue weighted by Gasteiger charge is -2.33. The highest BCUT2D eigenvalue weighted by molar-refractivity contribution is 7.91. The molecule has 202 valence electrons. The molecule has 2 aromatic rings. The van der Waals surface area contributed by atoms with Crippen LogP contribution in [0.4, 0.5) is 0 Å². The summed E-state index contributed by atoms with van der Waals surface area (Å²) in [5, 5.41) is 16.0. The van der Waals surface area contributed by atoms with Gasteiger partial charge in [-0.25, -0.2) is 13.1 Å². The smallest absolute Gasteiger partial charge is 0.272 e. The van der Waals surface area contributed by atoms with Crippen molar-refractivity contribution >= 4 is 27.7 Å². The lowest BCUT2D eigenvalue weighted by atomic mass is 10.0. The number of fused-ring (bicyclic) bond motifs is 1. The number of amides is 3. The van der Waals surface area contributed by atoms with Gasteiger partial charge in [-0.05, 0) is 50.8 Å². The van der Waals surface area contributed by atoms with Gasteiger partial charge in [-0.3, -0.25) is 19.1 Å². The van der Waals surface area contributed by atoms with Crippen molar-refractivity contribution in [1.29, 1.82) is 5.26 Å². The number of aryl methyl sites for hydroxylation is 1. The van der Waals surface area contributed by atoms with Crippen molar-refractivity contribution in [3.63, 3.8) is 0 Å². The van der Waals surface area contributed by atoms with Gasteiger partial charge in [0.2, 0.25) is 15.9 Å². The van der Waals surface area contributed by atoms with Crippen molar-refractivity contribution in [3.8, 4) is 6.07 Å². The van der Waals surface area contributed by atoms with E-state index in [-0.39, 0.29) is 43.4 Å². The van der Waals surface area contributed by atoms with Crippen molar-refractivity contribution < 1.29 is 22.8 Å². The number of sulfonamides is 1. The van der Waals surface area contributed by atoms with Gasteiger partial charge in [0, 0.05) is 44.2 Å². The van der Waals surface area contributed by atoms with E-state index in [1.807, 2.05) is 6.07 Å². The number of hydrogen-bond donors (Lipinski definition) is 3. The Morgan fingerprint density at radius 3 is 2.47 bits per heavy atom. The van der Waals surface area contributed by atoms with Gasteiger partial charge in [-0.15, -0.1) is 0 Å². The van der Waals surface area contributed by atoms with Crippen molar-refractivity contribution in [2.45, 2.75) is 56.4 Å². The Bertz CT molecular complexity index is 1430. The summed E-state index contributed by atoms with van der Waals surface area (Å²) in [4.78, 5) is 39.2. The number of carbonyl (C=O) groups excluding carboxylic acids is 3. The molecule has 0 bridgehead atoms. The molecular formula is C25H31N7O5S. The van der Waals surface area contributed by atoms with E-state index in [1.165, 1.54) is 9.58 Å². The zero-order valence-electron chi connectivity index (χ0n) is 21.6. The van der Waals surface area contributed by atoms with Crippen LogP contribution in [0.15, 0.2) is 24.3 Å². The molecule has 1 aliphatic carbocycles. The molecular weight excluding hydrogens is 510 g/mol. The molecule has 0 radical (unpaired) electrons. The average molecular weight is 542 g/mol. The van der Waals surface area contributed by atoms with Crippen LogP contribution in [0.25, 0.3) is 0 Å². The van der Waals surface area contributed by atoms with Gasteiger partial charge in [-0.2, -0.15) is 10.4 Å². The summed E-state index contributed by atoms with van der Waals surface area (Å²) in [5.41, 5.74) is 6.48. The molecule has 4 N–H and O–H groups in total. The number of nitrogens with zero attached hydrogens (tertiary/aromatic N) is 4. The molecule has 1 aromatic carbocycles. The molecule has 0 unspecified atom stereocenters. The van der Waals surface area contributed by atoms with E-state index in [2.05, 4.69) is 15.1 Å². The minimum Gasteiger partial charge on any atom is -0.370 e. The number of primary amides is 1. The van der Waals surface area contributed by atoms with Crippen LogP contribution in [0.3, 0.4) is 0 Å². The lowest BCUT2D eigenvalue weighted by molar-refractivity contribution is -0.119. The molecule has 1 aliphatic heterocycles. The number of aromatic nitrogens is 2. The Kier molecular flexibility index (Phi) is 7.07. The van der Waals surface area contributed by atoms with Gasteiger partial charge < -0.3 is 16.0 Å². The third kappa shape index (κ3) is 5.41. The summed E-state index contributed by atoms with van der Waals surface area (Å²) < 4.78 is 29.3. The average Bonchev–Trinajstić information content (AvgIpc) is 3.55. The Labute approximate surface area is 221 Å². The van der Waals surface area contributed by atoms with Gasteiger partial charge in [0.15, 0.2) is 5.69 Å². The second-order valence-corrected chi connectivity index (χ2v) is 12.7. The largest absolute Gasteiger partial charge is 0.370 e. The summed E-state index contributed by atoms with van der Waals surface area (Å²) in [6.07, 6.45) is 0.977. The van der Waals surface area contributed by atoms with E-state index in [0.717, 1.165) is 5.56 Å². The summed E-state index contributed by atoms with van der Waals surface area (Å²) in [6, 6.07) is 8.87. The van der Waals surface area contributed by atoms with Gasteiger partial charge in [0.1, 0.15) is 10.4 Å². The fourth-order valence-corrected chi connectivity index (χ4v) is 6.79. The quantitative estimate of drug-likeness (QED) is 0.387. The molecule has 1 aromatic heterocycles. The zero-order chi connectivity index (χ0) is 27.9. The van der Waals surface area contributed by atoms with Crippen LogP contribution < -0.4 is 15.8 Å². The maximum Gasteiger partial charge on any atom is 0.272 e. The zero-order valence-corrected chi connectivity index (χ0v) is 22.4. The van der Waals surface area contributed by atoms with E-state index in [0.29, 0.717) is 30.4 Å². The summed E-state index contributed by atoms with van der Waals surface area (Å²) >= 11 is 0. The molecule has 1 saturated carbocycles. The van der Waals surface area contributed by atoms with Crippen molar-refractivity contribution in [2.24, 2.45) is 12.8 Å². The summed E-state index contributed by atoms with van der Waals surface area (Å²) in [7, 11) is -2.29. The molecule has 38 heavy (non-hydrogen) atoms. The highest BCUT2D eigenvalue weighted by Gasteiger charge is 2.57. The normalized spacial score (nSPS) is 16.5. The number of benzene rings is 1. The summed E-state index contributed by atoms with van der Waals surface area (Å²) in [6.45, 7) is 3.66. The Morgan fingerprint density at radius 1 is 1.24 bits per heavy atom. The highest BCUT2D eigenvalue weighted by atomic mass is 32.2. The second-order valence-electron chi connectivity index (χ2n) is 10.6. The van der Waals surface area contributed by atoms with Crippen LogP contribution in [0.5, 0.6) is 0 Å². The minimum absolute atomic E-state index is 0.00133. The van der Waals surface area contributed by atoms with Crippen molar-refractivity contribution in [3.05, 3.63) is 52.3 Å². The standard InChI is InChI=1S/C25H31N7O5S/c1-24(2,12-19(27)33)30-38(36,37)25(9-10-25)15-32-11-8-18-20(29-31(3)21(18)23(32)35)22(34)28-14-17-6-4-16(13-26)5-7-17/h4-7,30H,8-12,14-15H2,1-3H3,(H2,27,33)(H,28,34). The molecule has 12 nitrogen and oxygen atoms in total. The number of rotatable bonds is 10. The number of nitrogens with one attached hydrogen (secondary N) is 2. The molecule has 0 atom stereocenters. The number of carbonyl (C=O) groups is 3. The molecule has 2 aliphatic rings. The first-order valence-electron chi connectivity index (χ1n) is 12.2. The molecule has 1 fully saturated rings. The first kappa shape index (κ1) is 27.3. The highest BCUT2D eigenvalue weighted by Crippen LogP contribution is 2.45. The topological polar surface area (TPSA) is 180 Å². The van der Waals surface area contributed by atoms with Crippen LogP contribution in [-0.2, 0) is 34.8 Å². The first-order chi connectivity index (χ1) is 17.8. The number of hydrogen-bond acceptors (Lipinski definition) is 7. The Morgan fingerprint density at radius 2 is 1.89 bits per heavy atom. The Balaban J connectivity index is 1.46. The molecule has 13 heteroatoms. The lowest BCUT2D eigenvalue weighted by Crippen LogP contribution is -2.54. The maximum atomic E-state index is 13.4. The summed E-state index contributed by atoms with van der Waals surface area (Å²) in [5.74, 6) is -1.42. The van der Waals surface area contributed by atoms with E-state index in [4.69, 9.17) is 11.0 Å². The van der Waals surface area contributed by atoms with Crippen LogP contribution >= 0.6 is 0 Å². The second kappa shape index (κ2) is 9.85. The van der Waals surface area contributed by atoms with E-state index in [9.17, 15) is 22.8 Å². The predicted molar refractivity (Wildman–Crippen MR) is 137 cm³/mol. The fourth-order valence-electron chi connectivity index (χ4n) is 4.81. The van der Waals surface area contributed by atoms with E-state index < -0.39 is 32.1 Å². The van der Waals surface area contributed by atoms with Gasteiger partial charge >= 0.3 is 0 Å². The van der Waals surface area contributed by atoms with Crippen molar-refractivity contribution in [2.75, 3.05) is 13.1 Å². The maximum absolute atomic E-state index is 13.4. The number of nitriles is 1. The van der Waals surface area contributed by atoms with Crippen molar-refractivity contribution in [1.82, 2.24) is 24.7 Å². The number of nitrogens with two attached hydrogens (primary N) is 1. The molecule has 4 rings (SSSR count). The molecule has 2 heterocycles. The van der Waals surface area contributed by atoms with Crippen LogP contribution in [0, 0.1) is 11.3 Å². The van der Waals surface area contributed by atoms with Gasteiger partial charge in [0.05, 0.1) is 11.6 Å². The minimum atomic E-state index is -3.86. The molecule has 3 amide bonds. The third-order valence-electron chi connectivity index (χ3n) is 6.90. The monoisotopic (exact) mass is 541 g/mol.